The summed E-state index contributed by atoms with van der Waals surface area (Å²) >= 11 is 15.9. The first-order valence-electron chi connectivity index (χ1n) is 12.0. The smallest absolute Gasteiger partial charge is 0.260 e. The highest BCUT2D eigenvalue weighted by molar-refractivity contribution is 9.10. The van der Waals surface area contributed by atoms with Crippen molar-refractivity contribution in [3.63, 3.8) is 0 Å². The van der Waals surface area contributed by atoms with Crippen LogP contribution in [0, 0.1) is 0 Å². The highest BCUT2D eigenvalue weighted by atomic mass is 79.9. The zero-order valence-corrected chi connectivity index (χ0v) is 24.6. The Kier molecular flexibility index (Phi) is 7.55. The number of benzene rings is 2. The summed E-state index contributed by atoms with van der Waals surface area (Å²) in [5.41, 5.74) is -0.172. The second kappa shape index (κ2) is 10.5. The number of carbonyl (C=O) groups is 2. The van der Waals surface area contributed by atoms with Gasteiger partial charge in [0.2, 0.25) is 11.9 Å². The highest BCUT2D eigenvalue weighted by Gasteiger charge is 2.52. The number of aliphatic hydroxyl groups excluding tert-OH is 1. The molecule has 1 atom stereocenters. The van der Waals surface area contributed by atoms with Crippen molar-refractivity contribution in [2.24, 2.45) is 0 Å². The normalized spacial score (nSPS) is 20.0. The number of fused-ring (bicyclic) bond motifs is 1. The van der Waals surface area contributed by atoms with Crippen molar-refractivity contribution < 1.29 is 23.1 Å². The molecular weight excluding hydrogens is 633 g/mol. The molecule has 39 heavy (non-hydrogen) atoms. The van der Waals surface area contributed by atoms with E-state index in [9.17, 15) is 18.0 Å². The number of piperazine rings is 1. The Labute approximate surface area is 243 Å². The van der Waals surface area contributed by atoms with Crippen molar-refractivity contribution in [3.8, 4) is 0 Å². The predicted molar refractivity (Wildman–Crippen MR) is 150 cm³/mol. The standard InChI is InChI=1S/C25H24BrCl2N5O5S/c1-25(13-16-2-4-17(26)5-3-16)23(36)32(20-11-18(27)10-19(28)12-20)24-29-14-22(33(24)25)39(37,38)31-8-6-30(7-9-31)21(35)15-34/h2-5,10-12,14,34H,6-9,13,15H2,1H3. The summed E-state index contributed by atoms with van der Waals surface area (Å²) in [5.74, 6) is -0.715. The van der Waals surface area contributed by atoms with Crippen LogP contribution in [0.5, 0.6) is 0 Å². The molecule has 0 radical (unpaired) electrons. The molecule has 206 valence electrons. The van der Waals surface area contributed by atoms with Crippen LogP contribution in [0.3, 0.4) is 0 Å². The Hall–Kier alpha value is -2.48. The van der Waals surface area contributed by atoms with Crippen LogP contribution >= 0.6 is 39.1 Å². The van der Waals surface area contributed by atoms with Gasteiger partial charge < -0.3 is 10.0 Å². The molecule has 2 aliphatic heterocycles. The van der Waals surface area contributed by atoms with Crippen LogP contribution in [0.15, 0.2) is 58.2 Å². The van der Waals surface area contributed by atoms with Gasteiger partial charge in [0.1, 0.15) is 12.1 Å². The van der Waals surface area contributed by atoms with Gasteiger partial charge >= 0.3 is 0 Å². The monoisotopic (exact) mass is 655 g/mol. The van der Waals surface area contributed by atoms with Gasteiger partial charge in [0.15, 0.2) is 5.03 Å². The van der Waals surface area contributed by atoms with E-state index < -0.39 is 28.1 Å². The average Bonchev–Trinajstić information content (AvgIpc) is 3.43. The Morgan fingerprint density at radius 2 is 1.69 bits per heavy atom. The van der Waals surface area contributed by atoms with Crippen molar-refractivity contribution in [3.05, 3.63) is 68.7 Å². The van der Waals surface area contributed by atoms with Crippen molar-refractivity contribution >= 4 is 72.6 Å². The summed E-state index contributed by atoms with van der Waals surface area (Å²) in [7, 11) is -4.12. The number of aromatic nitrogens is 2. The number of hydrogen-bond donors (Lipinski definition) is 1. The maximum atomic E-state index is 14.1. The molecule has 10 nitrogen and oxygen atoms in total. The van der Waals surface area contributed by atoms with Crippen molar-refractivity contribution in [1.82, 2.24) is 18.8 Å². The number of halogens is 3. The summed E-state index contributed by atoms with van der Waals surface area (Å²) < 4.78 is 31.5. The zero-order chi connectivity index (χ0) is 28.1. The molecule has 0 saturated carbocycles. The van der Waals surface area contributed by atoms with E-state index in [1.54, 1.807) is 19.1 Å². The molecule has 1 unspecified atom stereocenters. The first-order valence-corrected chi connectivity index (χ1v) is 15.0. The first-order chi connectivity index (χ1) is 18.5. The minimum atomic E-state index is -4.12. The van der Waals surface area contributed by atoms with E-state index in [4.69, 9.17) is 28.3 Å². The average molecular weight is 657 g/mol. The van der Waals surface area contributed by atoms with Crippen LogP contribution in [0.1, 0.15) is 12.5 Å². The van der Waals surface area contributed by atoms with E-state index in [0.717, 1.165) is 10.0 Å². The lowest BCUT2D eigenvalue weighted by atomic mass is 9.92. The summed E-state index contributed by atoms with van der Waals surface area (Å²) in [6.07, 6.45) is 1.44. The Morgan fingerprint density at radius 3 is 2.28 bits per heavy atom. The summed E-state index contributed by atoms with van der Waals surface area (Å²) in [5, 5.41) is 9.64. The number of sulfonamides is 1. The van der Waals surface area contributed by atoms with Gasteiger partial charge in [-0.1, -0.05) is 51.3 Å². The highest BCUT2D eigenvalue weighted by Crippen LogP contribution is 2.45. The molecule has 1 saturated heterocycles. The molecule has 14 heteroatoms. The van der Waals surface area contributed by atoms with Gasteiger partial charge in [-0.25, -0.2) is 18.3 Å². The van der Waals surface area contributed by atoms with Gasteiger partial charge in [-0.2, -0.15) is 4.31 Å². The third-order valence-electron chi connectivity index (χ3n) is 6.97. The minimum absolute atomic E-state index is 0.0412. The van der Waals surface area contributed by atoms with E-state index in [2.05, 4.69) is 20.9 Å². The molecule has 1 aromatic heterocycles. The van der Waals surface area contributed by atoms with Crippen LogP contribution in [0.2, 0.25) is 10.0 Å². The summed E-state index contributed by atoms with van der Waals surface area (Å²) in [6.45, 7) is 1.41. The number of carbonyl (C=O) groups excluding carboxylic acids is 2. The Morgan fingerprint density at radius 1 is 1.08 bits per heavy atom. The number of imidazole rings is 1. The van der Waals surface area contributed by atoms with Crippen LogP contribution in [0.4, 0.5) is 11.6 Å². The molecule has 2 aromatic carbocycles. The number of nitrogens with zero attached hydrogens (tertiary/aromatic N) is 5. The lowest BCUT2D eigenvalue weighted by Gasteiger charge is -2.34. The number of amides is 2. The van der Waals surface area contributed by atoms with Crippen LogP contribution in [-0.2, 0) is 31.6 Å². The van der Waals surface area contributed by atoms with Gasteiger partial charge in [0.25, 0.3) is 15.9 Å². The van der Waals surface area contributed by atoms with Gasteiger partial charge in [-0.3, -0.25) is 14.2 Å². The molecule has 3 aromatic rings. The van der Waals surface area contributed by atoms with Gasteiger partial charge in [0, 0.05) is 47.1 Å². The van der Waals surface area contributed by atoms with Crippen LogP contribution < -0.4 is 4.90 Å². The second-order valence-corrected chi connectivity index (χ2v) is 13.2. The molecule has 5 rings (SSSR count). The number of hydrogen-bond acceptors (Lipinski definition) is 6. The third-order valence-corrected chi connectivity index (χ3v) is 9.79. The fraction of sp³-hybridized carbons (Fsp3) is 0.320. The SMILES string of the molecule is CC1(Cc2ccc(Br)cc2)C(=O)N(c2cc(Cl)cc(Cl)c2)c2ncc(S(=O)(=O)N3CCN(C(=O)CO)CC3)n21. The third kappa shape index (κ3) is 4.98. The summed E-state index contributed by atoms with van der Waals surface area (Å²) in [4.78, 5) is 33.2. The first kappa shape index (κ1) is 28.1. The quantitative estimate of drug-likeness (QED) is 0.435. The second-order valence-electron chi connectivity index (χ2n) is 9.52. The number of rotatable bonds is 6. The minimum Gasteiger partial charge on any atom is -0.387 e. The van der Waals surface area contributed by atoms with Gasteiger partial charge in [0.05, 0.1) is 11.9 Å². The molecule has 0 spiro atoms. The van der Waals surface area contributed by atoms with E-state index in [1.807, 2.05) is 24.3 Å². The molecule has 1 N–H and O–H groups in total. The topological polar surface area (TPSA) is 116 Å². The maximum absolute atomic E-state index is 14.1. The maximum Gasteiger partial charge on any atom is 0.260 e. The predicted octanol–water partition coefficient (Wildman–Crippen LogP) is 3.41. The van der Waals surface area contributed by atoms with E-state index in [0.29, 0.717) is 15.7 Å². The van der Waals surface area contributed by atoms with Gasteiger partial charge in [-0.05, 0) is 42.8 Å². The lowest BCUT2D eigenvalue weighted by molar-refractivity contribution is -0.135. The molecule has 3 heterocycles. The fourth-order valence-electron chi connectivity index (χ4n) is 5.02. The van der Waals surface area contributed by atoms with Crippen LogP contribution in [0.25, 0.3) is 0 Å². The van der Waals surface area contributed by atoms with Crippen molar-refractivity contribution in [1.29, 1.82) is 0 Å². The molecule has 2 amide bonds. The number of aliphatic hydroxyl groups is 1. The molecule has 1 fully saturated rings. The van der Waals surface area contributed by atoms with Crippen molar-refractivity contribution in [2.75, 3.05) is 37.7 Å². The van der Waals surface area contributed by atoms with E-state index in [1.165, 1.54) is 30.9 Å². The zero-order valence-electron chi connectivity index (χ0n) is 20.7. The Bertz CT molecular complexity index is 1540. The number of anilines is 2. The molecule has 0 aliphatic carbocycles. The largest absolute Gasteiger partial charge is 0.387 e. The van der Waals surface area contributed by atoms with E-state index in [-0.39, 0.29) is 49.5 Å². The van der Waals surface area contributed by atoms with Crippen LogP contribution in [-0.4, -0.2) is 76.9 Å². The summed E-state index contributed by atoms with van der Waals surface area (Å²) in [6, 6.07) is 12.1. The van der Waals surface area contributed by atoms with E-state index >= 15 is 0 Å². The molecule has 0 bridgehead atoms. The van der Waals surface area contributed by atoms with Gasteiger partial charge in [-0.15, -0.1) is 0 Å². The Balaban J connectivity index is 1.60. The molecular formula is C25H24BrCl2N5O5S. The fourth-order valence-corrected chi connectivity index (χ4v) is 7.41. The van der Waals surface area contributed by atoms with Crippen molar-refractivity contribution in [2.45, 2.75) is 23.9 Å². The molecule has 2 aliphatic rings. The lowest BCUT2D eigenvalue weighted by Crippen LogP contribution is -2.51.